The largest absolute Gasteiger partial charge is 0.467 e. The zero-order chi connectivity index (χ0) is 19.4. The summed E-state index contributed by atoms with van der Waals surface area (Å²) in [5.41, 5.74) is 0.0663. The Morgan fingerprint density at radius 1 is 1.33 bits per heavy atom. The number of carbonyl (C=O) groups is 2. The average Bonchev–Trinajstić information content (AvgIpc) is 3.33. The Morgan fingerprint density at radius 3 is 2.89 bits per heavy atom. The molecule has 3 rings (SSSR count). The second kappa shape index (κ2) is 7.98. The van der Waals surface area contributed by atoms with Crippen molar-refractivity contribution in [3.05, 3.63) is 59.6 Å². The van der Waals surface area contributed by atoms with E-state index in [1.807, 2.05) is 0 Å². The van der Waals surface area contributed by atoms with Crippen molar-refractivity contribution in [1.82, 2.24) is 10.6 Å². The van der Waals surface area contributed by atoms with Gasteiger partial charge in [0.15, 0.2) is 0 Å². The van der Waals surface area contributed by atoms with Crippen molar-refractivity contribution in [2.75, 3.05) is 0 Å². The number of amides is 2. The second-order valence-corrected chi connectivity index (χ2v) is 5.99. The Balaban J connectivity index is 1.51. The van der Waals surface area contributed by atoms with Gasteiger partial charge in [0, 0.05) is 12.0 Å². The maximum absolute atomic E-state index is 13.8. The van der Waals surface area contributed by atoms with E-state index in [2.05, 4.69) is 15.8 Å². The molecule has 0 spiro atoms. The van der Waals surface area contributed by atoms with E-state index >= 15 is 0 Å². The summed E-state index contributed by atoms with van der Waals surface area (Å²) in [6.07, 6.45) is 0.429. The van der Waals surface area contributed by atoms with Gasteiger partial charge in [-0.15, -0.1) is 0 Å². The Bertz CT molecular complexity index is 867. The fourth-order valence-electron chi connectivity index (χ4n) is 2.51. The molecule has 0 saturated carbocycles. The predicted molar refractivity (Wildman–Crippen MR) is 90.5 cm³/mol. The summed E-state index contributed by atoms with van der Waals surface area (Å²) in [5, 5.41) is 8.79. The minimum Gasteiger partial charge on any atom is -0.467 e. The molecule has 9 heteroatoms. The van der Waals surface area contributed by atoms with Crippen LogP contribution < -0.4 is 10.6 Å². The zero-order valence-electron chi connectivity index (χ0n) is 14.4. The van der Waals surface area contributed by atoms with Crippen LogP contribution in [0.3, 0.4) is 0 Å². The smallest absolute Gasteiger partial charge is 0.264 e. The molecule has 0 bridgehead atoms. The number of hydrogen-bond donors (Lipinski definition) is 2. The molecule has 0 fully saturated rings. The van der Waals surface area contributed by atoms with Crippen molar-refractivity contribution in [2.24, 2.45) is 5.16 Å². The van der Waals surface area contributed by atoms with E-state index in [0.29, 0.717) is 5.76 Å². The fourth-order valence-corrected chi connectivity index (χ4v) is 2.51. The number of nitrogens with one attached hydrogen (secondary N) is 2. The minimum atomic E-state index is -1.03. The van der Waals surface area contributed by atoms with Crippen LogP contribution >= 0.6 is 0 Å². The molecule has 0 aliphatic carbocycles. The van der Waals surface area contributed by atoms with Crippen LogP contribution in [0, 0.1) is 11.6 Å². The van der Waals surface area contributed by atoms with Crippen LogP contribution in [0.25, 0.3) is 0 Å². The lowest BCUT2D eigenvalue weighted by Gasteiger charge is -2.15. The average molecular weight is 377 g/mol. The van der Waals surface area contributed by atoms with Gasteiger partial charge in [0.1, 0.15) is 23.4 Å². The third-order valence-corrected chi connectivity index (χ3v) is 3.97. The molecule has 2 aromatic rings. The van der Waals surface area contributed by atoms with E-state index in [4.69, 9.17) is 9.25 Å². The van der Waals surface area contributed by atoms with Gasteiger partial charge >= 0.3 is 0 Å². The highest BCUT2D eigenvalue weighted by molar-refractivity contribution is 6.04. The highest BCUT2D eigenvalue weighted by Crippen LogP contribution is 2.20. The molecule has 2 heterocycles. The van der Waals surface area contributed by atoms with Crippen LogP contribution in [0.5, 0.6) is 0 Å². The van der Waals surface area contributed by atoms with Crippen LogP contribution in [-0.2, 0) is 21.0 Å². The van der Waals surface area contributed by atoms with Crippen molar-refractivity contribution in [1.29, 1.82) is 0 Å². The van der Waals surface area contributed by atoms with E-state index in [9.17, 15) is 18.4 Å². The molecule has 27 heavy (non-hydrogen) atoms. The summed E-state index contributed by atoms with van der Waals surface area (Å²) in [5.74, 6) is -1.69. The second-order valence-electron chi connectivity index (χ2n) is 5.99. The van der Waals surface area contributed by atoms with Crippen molar-refractivity contribution in [3.63, 3.8) is 0 Å². The Morgan fingerprint density at radius 2 is 2.15 bits per heavy atom. The fraction of sp³-hybridized carbons (Fsp3) is 0.278. The third kappa shape index (κ3) is 4.49. The number of rotatable bonds is 6. The van der Waals surface area contributed by atoms with Crippen LogP contribution in [-0.4, -0.2) is 29.7 Å². The van der Waals surface area contributed by atoms with Gasteiger partial charge in [-0.25, -0.2) is 8.78 Å². The highest BCUT2D eigenvalue weighted by Gasteiger charge is 2.31. The van der Waals surface area contributed by atoms with E-state index in [-0.39, 0.29) is 24.2 Å². The molecule has 0 radical (unpaired) electrons. The topological polar surface area (TPSA) is 92.9 Å². The minimum absolute atomic E-state index is 0.0348. The highest BCUT2D eigenvalue weighted by atomic mass is 19.1. The summed E-state index contributed by atoms with van der Waals surface area (Å²) < 4.78 is 32.2. The maximum Gasteiger partial charge on any atom is 0.264 e. The molecule has 1 aliphatic rings. The lowest BCUT2D eigenvalue weighted by molar-refractivity contribution is -0.135. The normalized spacial score (nSPS) is 17.0. The molecule has 2 N–H and O–H groups in total. The van der Waals surface area contributed by atoms with Crippen LogP contribution in [0.2, 0.25) is 0 Å². The Labute approximate surface area is 153 Å². The van der Waals surface area contributed by atoms with Gasteiger partial charge in [-0.05, 0) is 37.3 Å². The third-order valence-electron chi connectivity index (χ3n) is 3.97. The number of benzene rings is 1. The van der Waals surface area contributed by atoms with Gasteiger partial charge < -0.3 is 19.9 Å². The van der Waals surface area contributed by atoms with Crippen molar-refractivity contribution < 1.29 is 27.6 Å². The standard InChI is InChI=1S/C18H17F2N3O4/c1-10(17(24)21-9-12-3-2-6-26-12)22-18(25)16-8-15(23-27-16)13-7-11(19)4-5-14(13)20/h2-7,10,16H,8-9H2,1H3,(H,21,24)(H,22,25)/t10-,16+/m0/s1. The van der Waals surface area contributed by atoms with Gasteiger partial charge in [0.2, 0.25) is 12.0 Å². The predicted octanol–water partition coefficient (Wildman–Crippen LogP) is 1.87. The molecule has 1 aliphatic heterocycles. The van der Waals surface area contributed by atoms with Gasteiger partial charge in [-0.1, -0.05) is 5.16 Å². The van der Waals surface area contributed by atoms with Gasteiger partial charge in [0.05, 0.1) is 18.5 Å². The molecule has 2 amide bonds. The number of nitrogens with zero attached hydrogens (tertiary/aromatic N) is 1. The maximum atomic E-state index is 13.8. The molecule has 7 nitrogen and oxygen atoms in total. The molecular weight excluding hydrogens is 360 g/mol. The van der Waals surface area contributed by atoms with Crippen LogP contribution in [0.1, 0.15) is 24.7 Å². The van der Waals surface area contributed by atoms with Crippen molar-refractivity contribution in [3.8, 4) is 0 Å². The first kappa shape index (κ1) is 18.6. The summed E-state index contributed by atoms with van der Waals surface area (Å²) in [4.78, 5) is 29.3. The van der Waals surface area contributed by atoms with E-state index < -0.39 is 35.6 Å². The van der Waals surface area contributed by atoms with Crippen LogP contribution in [0.15, 0.2) is 46.2 Å². The van der Waals surface area contributed by atoms with Gasteiger partial charge in [-0.2, -0.15) is 0 Å². The van der Waals surface area contributed by atoms with E-state index in [1.165, 1.54) is 13.2 Å². The molecule has 0 unspecified atom stereocenters. The molecule has 1 aromatic heterocycles. The van der Waals surface area contributed by atoms with Crippen molar-refractivity contribution in [2.45, 2.75) is 32.0 Å². The summed E-state index contributed by atoms with van der Waals surface area (Å²) in [6, 6.07) is 5.53. The molecule has 142 valence electrons. The molecular formula is C18H17F2N3O4. The van der Waals surface area contributed by atoms with Gasteiger partial charge in [0.25, 0.3) is 5.91 Å². The first-order chi connectivity index (χ1) is 12.9. The number of carbonyl (C=O) groups excluding carboxylic acids is 2. The monoisotopic (exact) mass is 377 g/mol. The molecule has 1 aromatic carbocycles. The lowest BCUT2D eigenvalue weighted by atomic mass is 10.0. The number of halogens is 2. The lowest BCUT2D eigenvalue weighted by Crippen LogP contribution is -2.47. The summed E-state index contributed by atoms with van der Waals surface area (Å²) in [7, 11) is 0. The number of oxime groups is 1. The van der Waals surface area contributed by atoms with Gasteiger partial charge in [-0.3, -0.25) is 9.59 Å². The summed E-state index contributed by atoms with van der Waals surface area (Å²) in [6.45, 7) is 1.70. The SMILES string of the molecule is C[C@H](NC(=O)[C@H]1CC(c2cc(F)ccc2F)=NO1)C(=O)NCc1ccco1. The summed E-state index contributed by atoms with van der Waals surface area (Å²) >= 11 is 0. The Kier molecular flexibility index (Phi) is 5.49. The first-order valence-corrected chi connectivity index (χ1v) is 8.22. The first-order valence-electron chi connectivity index (χ1n) is 8.22. The zero-order valence-corrected chi connectivity index (χ0v) is 14.4. The molecule has 0 saturated heterocycles. The van der Waals surface area contributed by atoms with E-state index in [0.717, 1.165) is 18.2 Å². The molecule has 2 atom stereocenters. The van der Waals surface area contributed by atoms with Crippen LogP contribution in [0.4, 0.5) is 8.78 Å². The quantitative estimate of drug-likeness (QED) is 0.804. The van der Waals surface area contributed by atoms with E-state index in [1.54, 1.807) is 12.1 Å². The number of hydrogen-bond acceptors (Lipinski definition) is 5. The van der Waals surface area contributed by atoms with Crippen molar-refractivity contribution >= 4 is 17.5 Å². The Hall–Kier alpha value is -3.23. The number of furan rings is 1.